The molecule has 3 heteroatoms. The Labute approximate surface area is 31.2 Å². The molecule has 20 valence electrons. The standard InChI is InChI=1S/CH3BP2/c2-1-4-3/h3H,1H2. The Kier molecular flexibility index (Phi) is 4.27. The van der Waals surface area contributed by atoms with Gasteiger partial charge in [-0.05, 0) is 6.06 Å². The van der Waals surface area contributed by atoms with Gasteiger partial charge in [0.05, 0.1) is 7.85 Å². The second kappa shape index (κ2) is 3.66. The molecule has 0 aromatic rings. The zero-order valence-corrected chi connectivity index (χ0v) is 4.13. The van der Waals surface area contributed by atoms with Crippen molar-refractivity contribution in [1.82, 2.24) is 0 Å². The zero-order chi connectivity index (χ0) is 3.41. The topological polar surface area (TPSA) is 0 Å². The maximum absolute atomic E-state index is 4.97. The molecule has 0 fully saturated rings. The van der Waals surface area contributed by atoms with Gasteiger partial charge in [0, 0.05) is 0 Å². The number of rotatable bonds is 1. The smallest absolute Gasteiger partial charge is 0.0778 e. The van der Waals surface area contributed by atoms with Gasteiger partial charge in [-0.2, -0.15) is 0 Å². The molecule has 0 aliphatic carbocycles. The lowest BCUT2D eigenvalue weighted by atomic mass is 10.2. The van der Waals surface area contributed by atoms with Gasteiger partial charge in [0.15, 0.2) is 0 Å². The Balaban J connectivity index is 2.30. The van der Waals surface area contributed by atoms with Crippen molar-refractivity contribution in [2.75, 3.05) is 6.06 Å². The lowest BCUT2D eigenvalue weighted by Crippen LogP contribution is -1.53. The average Bonchev–Trinajstić information content (AvgIpc) is 1.37. The lowest BCUT2D eigenvalue weighted by Gasteiger charge is -1.55. The van der Waals surface area contributed by atoms with Crippen molar-refractivity contribution in [2.45, 2.75) is 0 Å². The third-order valence-corrected chi connectivity index (χ3v) is 0.822. The molecule has 0 unspecified atom stereocenters. The molecule has 0 heterocycles. The summed E-state index contributed by atoms with van der Waals surface area (Å²) in [6.45, 7) is 0. The van der Waals surface area contributed by atoms with E-state index in [4.69, 9.17) is 7.85 Å². The SMILES string of the molecule is [B]CP=P. The minimum absolute atomic E-state index is 0.705. The molecule has 2 radical (unpaired) electrons. The molecule has 4 heavy (non-hydrogen) atoms. The molecule has 0 aromatic carbocycles. The predicted molar refractivity (Wildman–Crippen MR) is 25.9 cm³/mol. The molecule has 0 aliphatic rings. The molecule has 0 amide bonds. The molecular formula is CH3BP2. The zero-order valence-electron chi connectivity index (χ0n) is 2.23. The van der Waals surface area contributed by atoms with Gasteiger partial charge in [-0.1, -0.05) is 16.4 Å². The molecule has 0 rings (SSSR count). The third-order valence-electron chi connectivity index (χ3n) is 0.0913. The van der Waals surface area contributed by atoms with E-state index in [-0.39, 0.29) is 0 Å². The van der Waals surface area contributed by atoms with E-state index in [0.29, 0.717) is 6.06 Å². The highest BCUT2D eigenvalue weighted by molar-refractivity contribution is 7.75. The summed E-state index contributed by atoms with van der Waals surface area (Å²) in [5.41, 5.74) is 0. The normalized spacial score (nSPS) is 8.00. The van der Waals surface area contributed by atoms with Gasteiger partial charge in [0.25, 0.3) is 0 Å². The van der Waals surface area contributed by atoms with Crippen LogP contribution in [0.5, 0.6) is 0 Å². The van der Waals surface area contributed by atoms with Crippen LogP contribution in [0.1, 0.15) is 0 Å². The molecule has 0 N–H and O–H groups in total. The lowest BCUT2D eigenvalue weighted by molar-refractivity contribution is 2.25. The van der Waals surface area contributed by atoms with E-state index in [0.717, 1.165) is 7.87 Å². The Morgan fingerprint density at radius 3 is 2.25 bits per heavy atom. The summed E-state index contributed by atoms with van der Waals surface area (Å²) in [4.78, 5) is 0. The first-order chi connectivity index (χ1) is 1.91. The highest BCUT2D eigenvalue weighted by Gasteiger charge is 1.48. The number of hydrogen-bond acceptors (Lipinski definition) is 0. The molecule has 0 bridgehead atoms. The van der Waals surface area contributed by atoms with Crippen LogP contribution in [0.25, 0.3) is 0 Å². The van der Waals surface area contributed by atoms with Crippen LogP contribution in [-0.2, 0) is 0 Å². The Hall–Kier alpha value is 0.665. The van der Waals surface area contributed by atoms with Crippen molar-refractivity contribution in [3.8, 4) is 0 Å². The summed E-state index contributed by atoms with van der Waals surface area (Å²) in [6, 6.07) is 0.705. The van der Waals surface area contributed by atoms with Crippen molar-refractivity contribution in [2.24, 2.45) is 0 Å². The largest absolute Gasteiger partial charge is 0.0945 e. The minimum Gasteiger partial charge on any atom is -0.0945 e. The molecule has 0 saturated heterocycles. The van der Waals surface area contributed by atoms with Gasteiger partial charge in [-0.3, -0.25) is 0 Å². The van der Waals surface area contributed by atoms with E-state index in [9.17, 15) is 0 Å². The highest BCUT2D eigenvalue weighted by atomic mass is 31.7. The molecule has 0 atom stereocenters. The van der Waals surface area contributed by atoms with Crippen molar-refractivity contribution in [3.63, 3.8) is 0 Å². The first kappa shape index (κ1) is 4.66. The van der Waals surface area contributed by atoms with Crippen LogP contribution in [0.15, 0.2) is 0 Å². The van der Waals surface area contributed by atoms with Crippen molar-refractivity contribution in [3.05, 3.63) is 0 Å². The monoisotopic (exact) mass is 88.0 g/mol. The van der Waals surface area contributed by atoms with Gasteiger partial charge < -0.3 is 0 Å². The van der Waals surface area contributed by atoms with Crippen LogP contribution < -0.4 is 0 Å². The van der Waals surface area contributed by atoms with Crippen molar-refractivity contribution >= 4 is 24.2 Å². The van der Waals surface area contributed by atoms with Crippen molar-refractivity contribution < 1.29 is 0 Å². The first-order valence-electron chi connectivity index (χ1n) is 0.948. The predicted octanol–water partition coefficient (Wildman–Crippen LogP) is 1.12. The fourth-order valence-corrected chi connectivity index (χ4v) is 0. The third kappa shape index (κ3) is 2.66. The van der Waals surface area contributed by atoms with Crippen molar-refractivity contribution in [1.29, 1.82) is 0 Å². The van der Waals surface area contributed by atoms with Crippen LogP contribution in [0.2, 0.25) is 0 Å². The maximum atomic E-state index is 4.97. The van der Waals surface area contributed by atoms with Gasteiger partial charge in [0.2, 0.25) is 0 Å². The summed E-state index contributed by atoms with van der Waals surface area (Å²) in [5.74, 6) is 0. The van der Waals surface area contributed by atoms with Crippen LogP contribution in [0.3, 0.4) is 0 Å². The Morgan fingerprint density at radius 2 is 2.25 bits per heavy atom. The van der Waals surface area contributed by atoms with E-state index >= 15 is 0 Å². The van der Waals surface area contributed by atoms with Crippen LogP contribution in [-0.4, -0.2) is 13.9 Å². The van der Waals surface area contributed by atoms with Crippen LogP contribution in [0.4, 0.5) is 0 Å². The average molecular weight is 87.8 g/mol. The van der Waals surface area contributed by atoms with E-state index < -0.39 is 0 Å². The molecule has 0 aliphatic heterocycles. The van der Waals surface area contributed by atoms with Crippen LogP contribution in [0, 0.1) is 0 Å². The fraction of sp³-hybridized carbons (Fsp3) is 1.00. The van der Waals surface area contributed by atoms with Gasteiger partial charge >= 0.3 is 0 Å². The van der Waals surface area contributed by atoms with Gasteiger partial charge in [-0.15, -0.1) is 0 Å². The Bertz CT molecular complexity index is 20.0. The second-order valence-electron chi connectivity index (χ2n) is 0.341. The number of hydrogen-bond donors (Lipinski definition) is 0. The van der Waals surface area contributed by atoms with Gasteiger partial charge in [0.1, 0.15) is 0 Å². The minimum atomic E-state index is 0.705. The Morgan fingerprint density at radius 1 is 2.00 bits per heavy atom. The second-order valence-corrected chi connectivity index (χ2v) is 1.97. The van der Waals surface area contributed by atoms with E-state index in [1.807, 2.05) is 0 Å². The fourth-order valence-electron chi connectivity index (χ4n) is 0. The van der Waals surface area contributed by atoms with E-state index in [1.54, 1.807) is 0 Å². The summed E-state index contributed by atoms with van der Waals surface area (Å²) < 4.78 is 0. The quantitative estimate of drug-likeness (QED) is 0.332. The molecule has 0 nitrogen and oxygen atoms in total. The summed E-state index contributed by atoms with van der Waals surface area (Å²) in [5, 5.41) is 0. The van der Waals surface area contributed by atoms with Crippen LogP contribution >= 0.6 is 16.4 Å². The first-order valence-corrected chi connectivity index (χ1v) is 3.37. The summed E-state index contributed by atoms with van der Waals surface area (Å²) >= 11 is 0. The molecule has 0 saturated carbocycles. The summed E-state index contributed by atoms with van der Waals surface area (Å²) in [6.07, 6.45) is 0. The summed E-state index contributed by atoms with van der Waals surface area (Å²) in [7, 11) is 9.18. The molecular weight excluding hydrogens is 84.8 g/mol. The highest BCUT2D eigenvalue weighted by Crippen LogP contribution is 1.92. The van der Waals surface area contributed by atoms with E-state index in [1.165, 1.54) is 0 Å². The molecule has 0 spiro atoms. The molecule has 0 aromatic heterocycles. The van der Waals surface area contributed by atoms with E-state index in [2.05, 4.69) is 8.53 Å². The maximum Gasteiger partial charge on any atom is 0.0778 e. The van der Waals surface area contributed by atoms with Gasteiger partial charge in [-0.25, -0.2) is 0 Å².